The van der Waals surface area contributed by atoms with Gasteiger partial charge in [-0.15, -0.1) is 0 Å². The fraction of sp³-hybridized carbons (Fsp3) is 0.300. The molecule has 2 aromatic heterocycles. The summed E-state index contributed by atoms with van der Waals surface area (Å²) in [6.45, 7) is 0.532. The van der Waals surface area contributed by atoms with E-state index in [0.29, 0.717) is 30.8 Å². The van der Waals surface area contributed by atoms with Crippen LogP contribution in [0.25, 0.3) is 10.9 Å². The summed E-state index contributed by atoms with van der Waals surface area (Å²) in [5, 5.41) is 10.3. The molecule has 1 atom stereocenters. The standard InChI is InChI=1S/C20H22N6O2S/c1-25(2)29(27,28)24-15-9-17-16-8-13(11-21)5-6-18(16)26(19(17)10-15)12-14-4-3-7-23-20(14)22/h3-8,15,24H,9-10,12H2,1-2H3,(H2,22,23). The normalized spacial score (nSPS) is 16.3. The number of aromatic nitrogens is 2. The van der Waals surface area contributed by atoms with Gasteiger partial charge in [-0.1, -0.05) is 6.07 Å². The van der Waals surface area contributed by atoms with Crippen molar-refractivity contribution in [2.75, 3.05) is 19.8 Å². The highest BCUT2D eigenvalue weighted by Crippen LogP contribution is 2.35. The summed E-state index contributed by atoms with van der Waals surface area (Å²) in [5.41, 5.74) is 10.7. The van der Waals surface area contributed by atoms with Gasteiger partial charge in [0.25, 0.3) is 10.2 Å². The predicted octanol–water partition coefficient (Wildman–Crippen LogP) is 1.40. The van der Waals surface area contributed by atoms with Crippen molar-refractivity contribution in [3.8, 4) is 6.07 Å². The fourth-order valence-corrected chi connectivity index (χ4v) is 4.69. The van der Waals surface area contributed by atoms with Gasteiger partial charge in [-0.25, -0.2) is 4.98 Å². The molecule has 3 N–H and O–H groups in total. The molecule has 9 heteroatoms. The van der Waals surface area contributed by atoms with Crippen LogP contribution in [0.1, 0.15) is 22.4 Å². The zero-order chi connectivity index (χ0) is 20.8. The summed E-state index contributed by atoms with van der Waals surface area (Å²) in [4.78, 5) is 4.17. The summed E-state index contributed by atoms with van der Waals surface area (Å²) in [6.07, 6.45) is 2.80. The number of hydrogen-bond donors (Lipinski definition) is 2. The van der Waals surface area contributed by atoms with Crippen LogP contribution in [0.15, 0.2) is 36.5 Å². The maximum absolute atomic E-state index is 12.3. The minimum absolute atomic E-state index is 0.236. The molecule has 1 aliphatic carbocycles. The molecular formula is C20H22N6O2S. The molecule has 1 aliphatic rings. The van der Waals surface area contributed by atoms with Gasteiger partial charge in [-0.3, -0.25) is 0 Å². The quantitative estimate of drug-likeness (QED) is 0.659. The Kier molecular flexibility index (Phi) is 4.78. The number of rotatable bonds is 5. The largest absolute Gasteiger partial charge is 0.383 e. The van der Waals surface area contributed by atoms with Crippen molar-refractivity contribution >= 4 is 26.9 Å². The van der Waals surface area contributed by atoms with E-state index < -0.39 is 10.2 Å². The van der Waals surface area contributed by atoms with E-state index in [2.05, 4.69) is 20.3 Å². The van der Waals surface area contributed by atoms with Gasteiger partial charge in [0.2, 0.25) is 0 Å². The molecule has 1 unspecified atom stereocenters. The SMILES string of the molecule is CN(C)S(=O)(=O)NC1Cc2c(n(Cc3cccnc3N)c3ccc(C#N)cc23)C1. The van der Waals surface area contributed by atoms with E-state index >= 15 is 0 Å². The molecule has 0 saturated carbocycles. The molecule has 29 heavy (non-hydrogen) atoms. The highest BCUT2D eigenvalue weighted by molar-refractivity contribution is 7.87. The maximum atomic E-state index is 12.3. The van der Waals surface area contributed by atoms with Gasteiger partial charge in [0.1, 0.15) is 5.82 Å². The number of nitrogens with two attached hydrogens (primary N) is 1. The Morgan fingerprint density at radius 1 is 1.34 bits per heavy atom. The molecule has 3 aromatic rings. The van der Waals surface area contributed by atoms with E-state index in [1.165, 1.54) is 18.4 Å². The van der Waals surface area contributed by atoms with Gasteiger partial charge in [0.05, 0.1) is 18.2 Å². The second-order valence-corrected chi connectivity index (χ2v) is 9.33. The first kappa shape index (κ1) is 19.4. The van der Waals surface area contributed by atoms with Crippen LogP contribution in [0.4, 0.5) is 5.82 Å². The van der Waals surface area contributed by atoms with E-state index in [1.54, 1.807) is 12.3 Å². The molecule has 1 aromatic carbocycles. The summed E-state index contributed by atoms with van der Waals surface area (Å²) in [6, 6.07) is 11.3. The van der Waals surface area contributed by atoms with Crippen LogP contribution in [-0.4, -0.2) is 42.4 Å². The molecule has 0 bridgehead atoms. The first-order valence-corrected chi connectivity index (χ1v) is 10.7. The van der Waals surface area contributed by atoms with Crippen LogP contribution in [0.5, 0.6) is 0 Å². The zero-order valence-corrected chi connectivity index (χ0v) is 17.1. The summed E-state index contributed by atoms with van der Waals surface area (Å²) >= 11 is 0. The number of pyridine rings is 1. The van der Waals surface area contributed by atoms with Gasteiger partial charge in [0.15, 0.2) is 0 Å². The lowest BCUT2D eigenvalue weighted by Gasteiger charge is -2.18. The first-order chi connectivity index (χ1) is 13.8. The van der Waals surface area contributed by atoms with Crippen LogP contribution in [-0.2, 0) is 29.6 Å². The van der Waals surface area contributed by atoms with E-state index in [-0.39, 0.29) is 6.04 Å². The van der Waals surface area contributed by atoms with E-state index in [1.807, 2.05) is 24.3 Å². The Morgan fingerprint density at radius 2 is 2.14 bits per heavy atom. The van der Waals surface area contributed by atoms with Crippen molar-refractivity contribution in [2.45, 2.75) is 25.4 Å². The molecule has 150 valence electrons. The number of nitrogens with zero attached hydrogens (tertiary/aromatic N) is 4. The molecule has 0 spiro atoms. The number of hydrogen-bond acceptors (Lipinski definition) is 5. The third-order valence-corrected chi connectivity index (χ3v) is 6.95. The van der Waals surface area contributed by atoms with Crippen molar-refractivity contribution in [1.82, 2.24) is 18.6 Å². The summed E-state index contributed by atoms with van der Waals surface area (Å²) < 4.78 is 30.7. The van der Waals surface area contributed by atoms with Crippen molar-refractivity contribution in [1.29, 1.82) is 5.26 Å². The van der Waals surface area contributed by atoms with E-state index in [0.717, 1.165) is 27.7 Å². The Hall–Kier alpha value is -2.93. The lowest BCUT2D eigenvalue weighted by Crippen LogP contribution is -2.42. The number of benzene rings is 1. The topological polar surface area (TPSA) is 117 Å². The molecule has 0 saturated heterocycles. The van der Waals surface area contributed by atoms with Crippen molar-refractivity contribution < 1.29 is 8.42 Å². The number of nitrogens with one attached hydrogen (secondary N) is 1. The van der Waals surface area contributed by atoms with Crippen molar-refractivity contribution in [3.63, 3.8) is 0 Å². The van der Waals surface area contributed by atoms with Crippen molar-refractivity contribution in [3.05, 3.63) is 58.9 Å². The van der Waals surface area contributed by atoms with Gasteiger partial charge < -0.3 is 10.3 Å². The van der Waals surface area contributed by atoms with E-state index in [9.17, 15) is 13.7 Å². The number of anilines is 1. The zero-order valence-electron chi connectivity index (χ0n) is 16.3. The second kappa shape index (κ2) is 7.15. The molecule has 0 fully saturated rings. The predicted molar refractivity (Wildman–Crippen MR) is 111 cm³/mol. The maximum Gasteiger partial charge on any atom is 0.279 e. The third kappa shape index (κ3) is 3.46. The second-order valence-electron chi connectivity index (χ2n) is 7.41. The van der Waals surface area contributed by atoms with Gasteiger partial charge in [-0.2, -0.15) is 22.7 Å². The van der Waals surface area contributed by atoms with Gasteiger partial charge >= 0.3 is 0 Å². The first-order valence-electron chi connectivity index (χ1n) is 9.23. The molecule has 4 rings (SSSR count). The van der Waals surface area contributed by atoms with Crippen LogP contribution in [0.3, 0.4) is 0 Å². The highest BCUT2D eigenvalue weighted by Gasteiger charge is 2.31. The third-order valence-electron chi connectivity index (χ3n) is 5.36. The Bertz CT molecular complexity index is 1240. The van der Waals surface area contributed by atoms with Crippen LogP contribution < -0.4 is 10.5 Å². The lowest BCUT2D eigenvalue weighted by molar-refractivity contribution is 0.487. The average Bonchev–Trinajstić information content (AvgIpc) is 3.20. The highest BCUT2D eigenvalue weighted by atomic mass is 32.2. The molecule has 0 amide bonds. The van der Waals surface area contributed by atoms with Crippen molar-refractivity contribution in [2.24, 2.45) is 0 Å². The van der Waals surface area contributed by atoms with E-state index in [4.69, 9.17) is 5.73 Å². The number of nitrogen functional groups attached to an aromatic ring is 1. The van der Waals surface area contributed by atoms with Crippen LogP contribution in [0.2, 0.25) is 0 Å². The monoisotopic (exact) mass is 410 g/mol. The average molecular weight is 411 g/mol. The molecule has 8 nitrogen and oxygen atoms in total. The molecule has 2 heterocycles. The lowest BCUT2D eigenvalue weighted by atomic mass is 10.1. The number of nitriles is 1. The minimum Gasteiger partial charge on any atom is -0.383 e. The fourth-order valence-electron chi connectivity index (χ4n) is 3.89. The molecule has 0 radical (unpaired) electrons. The Morgan fingerprint density at radius 3 is 2.83 bits per heavy atom. The Labute approximate surface area is 169 Å². The number of fused-ring (bicyclic) bond motifs is 3. The van der Waals surface area contributed by atoms with Gasteiger partial charge in [-0.05, 0) is 36.2 Å². The van der Waals surface area contributed by atoms with Crippen LogP contribution >= 0.6 is 0 Å². The van der Waals surface area contributed by atoms with Gasteiger partial charge in [0, 0.05) is 54.9 Å². The molecular weight excluding hydrogens is 388 g/mol. The Balaban J connectivity index is 1.78. The minimum atomic E-state index is -3.53. The summed E-state index contributed by atoms with van der Waals surface area (Å²) in [7, 11) is -0.521. The smallest absolute Gasteiger partial charge is 0.279 e. The molecule has 0 aliphatic heterocycles. The van der Waals surface area contributed by atoms with Crippen LogP contribution in [0, 0.1) is 11.3 Å². The summed E-state index contributed by atoms with van der Waals surface area (Å²) in [5.74, 6) is 0.472.